The van der Waals surface area contributed by atoms with Crippen LogP contribution in [-0.4, -0.2) is 11.8 Å². The first-order valence-electron chi connectivity index (χ1n) is 9.75. The van der Waals surface area contributed by atoms with Crippen molar-refractivity contribution in [2.24, 2.45) is 0 Å². The lowest BCUT2D eigenvalue weighted by molar-refractivity contribution is 0.0893. The minimum atomic E-state index is -0.231. The van der Waals surface area contributed by atoms with Gasteiger partial charge in [-0.1, -0.05) is 55.7 Å². The molecule has 1 aliphatic carbocycles. The van der Waals surface area contributed by atoms with Crippen LogP contribution in [0, 0.1) is 0 Å². The van der Waals surface area contributed by atoms with Gasteiger partial charge < -0.3 is 0 Å². The Morgan fingerprint density at radius 3 is 2.15 bits per heavy atom. The standard InChI is InChI=1S/C24H21NO2/c26-23-20-13-7-12-19-18(16-8-3-1-4-9-16)14-15-21(22(19)20)24(27)25(23)17-10-5-2-6-11-17/h2,5-7,10-16H,1,3-4,8-9H2. The lowest BCUT2D eigenvalue weighted by Crippen LogP contribution is -2.40. The van der Waals surface area contributed by atoms with Crippen LogP contribution < -0.4 is 4.90 Å². The van der Waals surface area contributed by atoms with Crippen molar-refractivity contribution in [2.75, 3.05) is 4.90 Å². The molecule has 2 amide bonds. The van der Waals surface area contributed by atoms with Crippen LogP contribution in [0.1, 0.15) is 64.3 Å². The molecule has 0 N–H and O–H groups in total. The highest BCUT2D eigenvalue weighted by Gasteiger charge is 2.34. The summed E-state index contributed by atoms with van der Waals surface area (Å²) in [7, 11) is 0. The van der Waals surface area contributed by atoms with E-state index in [0.717, 1.165) is 10.8 Å². The van der Waals surface area contributed by atoms with Gasteiger partial charge in [-0.3, -0.25) is 9.59 Å². The largest absolute Gasteiger partial charge is 0.268 e. The highest BCUT2D eigenvalue weighted by molar-refractivity contribution is 6.36. The average Bonchev–Trinajstić information content (AvgIpc) is 2.73. The second-order valence-electron chi connectivity index (χ2n) is 7.55. The summed E-state index contributed by atoms with van der Waals surface area (Å²) in [6, 6.07) is 19.1. The molecule has 0 unspecified atom stereocenters. The smallest absolute Gasteiger partial charge is 0.265 e. The van der Waals surface area contributed by atoms with Gasteiger partial charge in [0.15, 0.2) is 0 Å². The molecule has 0 atom stereocenters. The van der Waals surface area contributed by atoms with Crippen LogP contribution in [0.15, 0.2) is 60.7 Å². The normalized spacial score (nSPS) is 17.6. The highest BCUT2D eigenvalue weighted by atomic mass is 16.2. The third kappa shape index (κ3) is 2.49. The number of benzene rings is 3. The van der Waals surface area contributed by atoms with E-state index in [-0.39, 0.29) is 11.8 Å². The van der Waals surface area contributed by atoms with Crippen LogP contribution in [0.25, 0.3) is 10.8 Å². The maximum absolute atomic E-state index is 13.2. The lowest BCUT2D eigenvalue weighted by Gasteiger charge is -2.29. The quantitative estimate of drug-likeness (QED) is 0.554. The van der Waals surface area contributed by atoms with E-state index < -0.39 is 0 Å². The first-order chi connectivity index (χ1) is 13.3. The number of carbonyl (C=O) groups is 2. The summed E-state index contributed by atoms with van der Waals surface area (Å²) >= 11 is 0. The van der Waals surface area contributed by atoms with Crippen molar-refractivity contribution in [3.8, 4) is 0 Å². The minimum Gasteiger partial charge on any atom is -0.268 e. The Labute approximate surface area is 158 Å². The number of anilines is 1. The van der Waals surface area contributed by atoms with Crippen molar-refractivity contribution in [1.82, 2.24) is 0 Å². The molecule has 2 aliphatic rings. The van der Waals surface area contributed by atoms with Gasteiger partial charge in [0.2, 0.25) is 0 Å². The fourth-order valence-electron chi connectivity index (χ4n) is 4.70. The summed E-state index contributed by atoms with van der Waals surface area (Å²) < 4.78 is 0. The summed E-state index contributed by atoms with van der Waals surface area (Å²) in [5.74, 6) is 0.0654. The topological polar surface area (TPSA) is 37.4 Å². The van der Waals surface area contributed by atoms with Gasteiger partial charge in [-0.25, -0.2) is 4.90 Å². The summed E-state index contributed by atoms with van der Waals surface area (Å²) in [5, 5.41) is 1.91. The van der Waals surface area contributed by atoms with E-state index in [1.54, 1.807) is 12.1 Å². The van der Waals surface area contributed by atoms with Crippen molar-refractivity contribution in [2.45, 2.75) is 38.0 Å². The first-order valence-corrected chi connectivity index (χ1v) is 9.75. The molecule has 3 nitrogen and oxygen atoms in total. The molecule has 1 aliphatic heterocycles. The molecule has 1 heterocycles. The van der Waals surface area contributed by atoms with E-state index in [9.17, 15) is 9.59 Å². The van der Waals surface area contributed by atoms with E-state index in [4.69, 9.17) is 0 Å². The molecular weight excluding hydrogens is 334 g/mol. The van der Waals surface area contributed by atoms with Gasteiger partial charge in [0.05, 0.1) is 5.69 Å². The number of para-hydroxylation sites is 1. The molecule has 3 aromatic carbocycles. The van der Waals surface area contributed by atoms with E-state index in [1.807, 2.05) is 36.4 Å². The third-order valence-electron chi connectivity index (χ3n) is 6.00. The van der Waals surface area contributed by atoms with Gasteiger partial charge in [0.25, 0.3) is 11.8 Å². The van der Waals surface area contributed by atoms with Gasteiger partial charge >= 0.3 is 0 Å². The molecule has 0 aromatic heterocycles. The van der Waals surface area contributed by atoms with Crippen molar-refractivity contribution in [3.05, 3.63) is 77.4 Å². The zero-order chi connectivity index (χ0) is 18.4. The summed E-state index contributed by atoms with van der Waals surface area (Å²) in [6.45, 7) is 0. The Morgan fingerprint density at radius 2 is 1.41 bits per heavy atom. The fourth-order valence-corrected chi connectivity index (χ4v) is 4.70. The van der Waals surface area contributed by atoms with E-state index >= 15 is 0 Å². The van der Waals surface area contributed by atoms with Gasteiger partial charge in [-0.05, 0) is 54.0 Å². The van der Waals surface area contributed by atoms with Crippen LogP contribution in [0.5, 0.6) is 0 Å². The Morgan fingerprint density at radius 1 is 0.704 bits per heavy atom. The van der Waals surface area contributed by atoms with Crippen LogP contribution in [0.4, 0.5) is 5.69 Å². The Hall–Kier alpha value is -2.94. The summed E-state index contributed by atoms with van der Waals surface area (Å²) in [5.41, 5.74) is 3.17. The minimum absolute atomic E-state index is 0.231. The molecule has 1 fully saturated rings. The number of hydrogen-bond acceptors (Lipinski definition) is 2. The maximum atomic E-state index is 13.2. The number of rotatable bonds is 2. The Kier molecular flexibility index (Phi) is 3.82. The summed E-state index contributed by atoms with van der Waals surface area (Å²) in [4.78, 5) is 27.7. The van der Waals surface area contributed by atoms with E-state index in [2.05, 4.69) is 12.1 Å². The molecule has 0 saturated heterocycles. The maximum Gasteiger partial charge on any atom is 0.265 e. The predicted octanol–water partition coefficient (Wildman–Crippen LogP) is 5.69. The van der Waals surface area contributed by atoms with Crippen LogP contribution >= 0.6 is 0 Å². The molecule has 27 heavy (non-hydrogen) atoms. The first kappa shape index (κ1) is 16.2. The fraction of sp³-hybridized carbons (Fsp3) is 0.250. The van der Waals surface area contributed by atoms with Crippen molar-refractivity contribution < 1.29 is 9.59 Å². The molecule has 1 saturated carbocycles. The van der Waals surface area contributed by atoms with Crippen molar-refractivity contribution >= 4 is 28.3 Å². The molecule has 134 valence electrons. The number of imide groups is 1. The van der Waals surface area contributed by atoms with Gasteiger partial charge in [-0.15, -0.1) is 0 Å². The van der Waals surface area contributed by atoms with Gasteiger partial charge in [0, 0.05) is 16.5 Å². The van der Waals surface area contributed by atoms with Gasteiger partial charge in [-0.2, -0.15) is 0 Å². The Balaban J connectivity index is 1.70. The SMILES string of the molecule is O=C1c2cccc3c(C4CCCCC4)ccc(c23)C(=O)N1c1ccccc1. The molecule has 0 radical (unpaired) electrons. The Bertz CT molecular complexity index is 1030. The second-order valence-corrected chi connectivity index (χ2v) is 7.55. The van der Waals surface area contributed by atoms with E-state index in [0.29, 0.717) is 22.7 Å². The number of amides is 2. The zero-order valence-electron chi connectivity index (χ0n) is 15.2. The van der Waals surface area contributed by atoms with Crippen LogP contribution in [-0.2, 0) is 0 Å². The predicted molar refractivity (Wildman–Crippen MR) is 107 cm³/mol. The number of hydrogen-bond donors (Lipinski definition) is 0. The molecule has 5 rings (SSSR count). The number of carbonyl (C=O) groups excluding carboxylic acids is 2. The van der Waals surface area contributed by atoms with Gasteiger partial charge in [0.1, 0.15) is 0 Å². The lowest BCUT2D eigenvalue weighted by atomic mass is 9.80. The van der Waals surface area contributed by atoms with Crippen molar-refractivity contribution in [1.29, 1.82) is 0 Å². The van der Waals surface area contributed by atoms with Crippen LogP contribution in [0.3, 0.4) is 0 Å². The monoisotopic (exact) mass is 355 g/mol. The number of nitrogens with zero attached hydrogens (tertiary/aromatic N) is 1. The molecular formula is C24H21NO2. The molecule has 0 bridgehead atoms. The zero-order valence-corrected chi connectivity index (χ0v) is 15.2. The van der Waals surface area contributed by atoms with E-state index in [1.165, 1.54) is 42.6 Å². The third-order valence-corrected chi connectivity index (χ3v) is 6.00. The average molecular weight is 355 g/mol. The van der Waals surface area contributed by atoms with Crippen LogP contribution in [0.2, 0.25) is 0 Å². The molecule has 0 spiro atoms. The summed E-state index contributed by atoms with van der Waals surface area (Å²) in [6.07, 6.45) is 6.20. The highest BCUT2D eigenvalue weighted by Crippen LogP contribution is 2.40. The molecule has 3 aromatic rings. The second kappa shape index (κ2) is 6.34. The van der Waals surface area contributed by atoms with Crippen molar-refractivity contribution in [3.63, 3.8) is 0 Å². The molecule has 3 heteroatoms.